The molecule has 3 fully saturated rings. The van der Waals surface area contributed by atoms with Crippen LogP contribution in [0.2, 0.25) is 10.0 Å². The van der Waals surface area contributed by atoms with E-state index < -0.39 is 0 Å². The van der Waals surface area contributed by atoms with Crippen LogP contribution in [0.1, 0.15) is 54.7 Å². The van der Waals surface area contributed by atoms with Crippen LogP contribution in [-0.4, -0.2) is 36.1 Å². The van der Waals surface area contributed by atoms with Gasteiger partial charge < -0.3 is 10.2 Å². The van der Waals surface area contributed by atoms with Crippen molar-refractivity contribution in [2.45, 2.75) is 56.7 Å². The van der Waals surface area contributed by atoms with E-state index in [4.69, 9.17) is 23.2 Å². The van der Waals surface area contributed by atoms with Gasteiger partial charge in [0.2, 0.25) is 0 Å². The van der Waals surface area contributed by atoms with Gasteiger partial charge in [0.25, 0.3) is 0 Å². The lowest BCUT2D eigenvalue weighted by Gasteiger charge is -2.41. The molecular formula is C33H38Cl2N4O. The third-order valence-electron chi connectivity index (χ3n) is 9.39. The number of rotatable bonds is 6. The Balaban J connectivity index is 1.11. The summed E-state index contributed by atoms with van der Waals surface area (Å²) in [7, 11) is 0. The van der Waals surface area contributed by atoms with Crippen LogP contribution in [0.4, 0.5) is 4.79 Å². The monoisotopic (exact) mass is 576 g/mol. The summed E-state index contributed by atoms with van der Waals surface area (Å²) in [5.41, 5.74) is 11.1. The number of likely N-dealkylation sites (tertiary alicyclic amines) is 1. The molecule has 40 heavy (non-hydrogen) atoms. The fraction of sp³-hybridized carbons (Fsp3) is 0.424. The standard InChI is InChI=1S/C33H38Cl2N4O/c34-27-11-6-23(7-12-27)31(24-8-13-28(35)14-9-24)26-10-15-30-29(20-26)32(38-37-30)25-16-18-39(19-17-25)33(40)36-21-22-4-2-1-3-5-22/h1-9,11-14,25-26,29-32,37-38H,10,15-21H2,(H,36,40). The molecule has 0 aromatic heterocycles. The Labute approximate surface area is 247 Å². The van der Waals surface area contributed by atoms with Gasteiger partial charge in [0.15, 0.2) is 0 Å². The fourth-order valence-electron chi connectivity index (χ4n) is 7.32. The zero-order valence-electron chi connectivity index (χ0n) is 22.7. The lowest BCUT2D eigenvalue weighted by molar-refractivity contribution is 0.135. The smallest absolute Gasteiger partial charge is 0.317 e. The molecule has 2 aliphatic heterocycles. The van der Waals surface area contributed by atoms with E-state index in [1.54, 1.807) is 0 Å². The van der Waals surface area contributed by atoms with Gasteiger partial charge in [0, 0.05) is 47.7 Å². The van der Waals surface area contributed by atoms with Crippen LogP contribution < -0.4 is 16.2 Å². The van der Waals surface area contributed by atoms with Crippen molar-refractivity contribution in [3.63, 3.8) is 0 Å². The lowest BCUT2D eigenvalue weighted by atomic mass is 9.66. The highest BCUT2D eigenvalue weighted by Crippen LogP contribution is 2.46. The minimum atomic E-state index is 0.0455. The van der Waals surface area contributed by atoms with Gasteiger partial charge in [-0.25, -0.2) is 4.79 Å². The van der Waals surface area contributed by atoms with E-state index in [2.05, 4.69) is 40.4 Å². The molecule has 3 aromatic carbocycles. The predicted molar refractivity (Wildman–Crippen MR) is 162 cm³/mol. The molecule has 0 bridgehead atoms. The zero-order valence-corrected chi connectivity index (χ0v) is 24.2. The quantitative estimate of drug-likeness (QED) is 0.296. The summed E-state index contributed by atoms with van der Waals surface area (Å²) >= 11 is 12.5. The van der Waals surface area contributed by atoms with E-state index in [1.165, 1.54) is 24.0 Å². The van der Waals surface area contributed by atoms with Crippen molar-refractivity contribution in [2.24, 2.45) is 17.8 Å². The first-order valence-corrected chi connectivity index (χ1v) is 15.4. The third-order valence-corrected chi connectivity index (χ3v) is 9.89. The number of carbonyl (C=O) groups is 1. The number of urea groups is 1. The maximum atomic E-state index is 12.8. The first kappa shape index (κ1) is 27.6. The molecule has 6 rings (SSSR count). The number of benzene rings is 3. The van der Waals surface area contributed by atoms with Gasteiger partial charge in [-0.05, 0) is 90.8 Å². The molecule has 1 saturated carbocycles. The molecule has 2 saturated heterocycles. The number of hydrazine groups is 1. The van der Waals surface area contributed by atoms with Crippen molar-refractivity contribution in [3.8, 4) is 0 Å². The highest BCUT2D eigenvalue weighted by Gasteiger charge is 2.45. The van der Waals surface area contributed by atoms with E-state index in [0.29, 0.717) is 42.3 Å². The van der Waals surface area contributed by atoms with Gasteiger partial charge in [-0.3, -0.25) is 10.9 Å². The van der Waals surface area contributed by atoms with Crippen LogP contribution in [0.3, 0.4) is 0 Å². The summed E-state index contributed by atoms with van der Waals surface area (Å²) in [6.07, 6.45) is 5.58. The predicted octanol–water partition coefficient (Wildman–Crippen LogP) is 7.01. The maximum absolute atomic E-state index is 12.8. The number of fused-ring (bicyclic) bond motifs is 1. The van der Waals surface area contributed by atoms with Crippen molar-refractivity contribution in [3.05, 3.63) is 106 Å². The molecule has 3 aromatic rings. The minimum absolute atomic E-state index is 0.0455. The third kappa shape index (κ3) is 6.18. The molecule has 4 atom stereocenters. The molecule has 210 valence electrons. The second-order valence-electron chi connectivity index (χ2n) is 11.7. The van der Waals surface area contributed by atoms with Gasteiger partial charge in [-0.2, -0.15) is 0 Å². The number of amides is 2. The van der Waals surface area contributed by atoms with Gasteiger partial charge in [-0.1, -0.05) is 77.8 Å². The fourth-order valence-corrected chi connectivity index (χ4v) is 7.57. The van der Waals surface area contributed by atoms with E-state index in [9.17, 15) is 4.79 Å². The number of nitrogens with one attached hydrogen (secondary N) is 3. The molecule has 1 aliphatic carbocycles. The number of nitrogens with zero attached hydrogens (tertiary/aromatic N) is 1. The van der Waals surface area contributed by atoms with Crippen LogP contribution in [0, 0.1) is 17.8 Å². The second kappa shape index (κ2) is 12.5. The number of carbonyl (C=O) groups excluding carboxylic acids is 1. The van der Waals surface area contributed by atoms with E-state index in [-0.39, 0.29) is 6.03 Å². The van der Waals surface area contributed by atoms with Crippen molar-refractivity contribution < 1.29 is 4.79 Å². The summed E-state index contributed by atoms with van der Waals surface area (Å²) in [5.74, 6) is 1.98. The first-order valence-electron chi connectivity index (χ1n) is 14.6. The average molecular weight is 578 g/mol. The molecule has 5 nitrogen and oxygen atoms in total. The molecule has 2 heterocycles. The number of hydrogen-bond donors (Lipinski definition) is 3. The van der Waals surface area contributed by atoms with Crippen LogP contribution in [0.15, 0.2) is 78.9 Å². The number of hydrogen-bond acceptors (Lipinski definition) is 3. The number of piperidine rings is 1. The highest BCUT2D eigenvalue weighted by atomic mass is 35.5. The van der Waals surface area contributed by atoms with Crippen LogP contribution in [0.25, 0.3) is 0 Å². The van der Waals surface area contributed by atoms with Crippen molar-refractivity contribution in [1.29, 1.82) is 0 Å². The van der Waals surface area contributed by atoms with E-state index >= 15 is 0 Å². The molecule has 3 N–H and O–H groups in total. The Morgan fingerprint density at radius 1 is 0.825 bits per heavy atom. The topological polar surface area (TPSA) is 56.4 Å². The van der Waals surface area contributed by atoms with Gasteiger partial charge in [0.1, 0.15) is 0 Å². The molecule has 0 radical (unpaired) electrons. The largest absolute Gasteiger partial charge is 0.334 e. The normalized spacial score (nSPS) is 25.1. The molecule has 0 spiro atoms. The van der Waals surface area contributed by atoms with Gasteiger partial charge in [-0.15, -0.1) is 0 Å². The van der Waals surface area contributed by atoms with Crippen molar-refractivity contribution in [1.82, 2.24) is 21.1 Å². The van der Waals surface area contributed by atoms with Crippen LogP contribution in [0.5, 0.6) is 0 Å². The lowest BCUT2D eigenvalue weighted by Crippen LogP contribution is -2.49. The Kier molecular flexibility index (Phi) is 8.64. The highest BCUT2D eigenvalue weighted by molar-refractivity contribution is 6.30. The zero-order chi connectivity index (χ0) is 27.5. The summed E-state index contributed by atoms with van der Waals surface area (Å²) in [6.45, 7) is 2.19. The molecule has 2 amide bonds. The summed E-state index contributed by atoms with van der Waals surface area (Å²) in [5, 5.41) is 4.64. The SMILES string of the molecule is O=C(NCc1ccccc1)N1CCC(C2NNC3CCC(C(c4ccc(Cl)cc4)c4ccc(Cl)cc4)CC32)CC1. The van der Waals surface area contributed by atoms with Gasteiger partial charge in [0.05, 0.1) is 0 Å². The Morgan fingerprint density at radius 2 is 1.45 bits per heavy atom. The maximum Gasteiger partial charge on any atom is 0.317 e. The second-order valence-corrected chi connectivity index (χ2v) is 12.6. The molecule has 4 unspecified atom stereocenters. The number of halogens is 2. The first-order chi connectivity index (χ1) is 19.5. The van der Waals surface area contributed by atoms with Crippen molar-refractivity contribution in [2.75, 3.05) is 13.1 Å². The molecule has 7 heteroatoms. The average Bonchev–Trinajstić information content (AvgIpc) is 3.42. The van der Waals surface area contributed by atoms with Crippen molar-refractivity contribution >= 4 is 29.2 Å². The van der Waals surface area contributed by atoms with Crippen LogP contribution >= 0.6 is 23.2 Å². The minimum Gasteiger partial charge on any atom is -0.334 e. The van der Waals surface area contributed by atoms with E-state index in [0.717, 1.165) is 48.0 Å². The molecule has 3 aliphatic rings. The summed E-state index contributed by atoms with van der Waals surface area (Å²) in [6, 6.07) is 27.9. The Morgan fingerprint density at radius 3 is 2.08 bits per heavy atom. The summed E-state index contributed by atoms with van der Waals surface area (Å²) in [4.78, 5) is 14.8. The van der Waals surface area contributed by atoms with E-state index in [1.807, 2.05) is 59.5 Å². The Bertz CT molecular complexity index is 1220. The molecular weight excluding hydrogens is 539 g/mol. The van der Waals surface area contributed by atoms with Crippen LogP contribution in [-0.2, 0) is 6.54 Å². The summed E-state index contributed by atoms with van der Waals surface area (Å²) < 4.78 is 0. The Hall–Kier alpha value is -2.57. The van der Waals surface area contributed by atoms with Gasteiger partial charge >= 0.3 is 6.03 Å².